The van der Waals surface area contributed by atoms with Crippen LogP contribution in [0.5, 0.6) is 0 Å². The summed E-state index contributed by atoms with van der Waals surface area (Å²) in [5.41, 5.74) is 4.80. The van der Waals surface area contributed by atoms with Crippen molar-refractivity contribution >= 4 is 23.3 Å². The molecule has 2 atom stereocenters. The van der Waals surface area contributed by atoms with Gasteiger partial charge in [0.1, 0.15) is 17.2 Å². The Morgan fingerprint density at radius 1 is 1.25 bits per heavy atom. The molecule has 0 radical (unpaired) electrons. The number of rotatable bonds is 4. The topological polar surface area (TPSA) is 91.6 Å². The summed E-state index contributed by atoms with van der Waals surface area (Å²) >= 11 is 0. The molecule has 32 heavy (non-hydrogen) atoms. The molecule has 2 amide bonds. The van der Waals surface area contributed by atoms with Gasteiger partial charge in [-0.05, 0) is 43.0 Å². The number of halogens is 2. The van der Waals surface area contributed by atoms with E-state index in [-0.39, 0.29) is 28.9 Å². The molecule has 1 saturated heterocycles. The highest BCUT2D eigenvalue weighted by molar-refractivity contribution is 6.05. The lowest BCUT2D eigenvalue weighted by Crippen LogP contribution is -2.44. The zero-order valence-corrected chi connectivity index (χ0v) is 17.6. The van der Waals surface area contributed by atoms with Gasteiger partial charge in [0.15, 0.2) is 11.5 Å². The fourth-order valence-electron chi connectivity index (χ4n) is 4.66. The van der Waals surface area contributed by atoms with Crippen LogP contribution in [0.15, 0.2) is 36.7 Å². The minimum Gasteiger partial charge on any atom is -0.344 e. The van der Waals surface area contributed by atoms with E-state index in [4.69, 9.17) is 0 Å². The second kappa shape index (κ2) is 7.25. The molecular weight excluding hydrogens is 418 g/mol. The first-order chi connectivity index (χ1) is 15.3. The summed E-state index contributed by atoms with van der Waals surface area (Å²) in [6, 6.07) is 5.13. The monoisotopic (exact) mass is 440 g/mol. The maximum absolute atomic E-state index is 14.8. The molecule has 0 bridgehead atoms. The summed E-state index contributed by atoms with van der Waals surface area (Å²) in [4.78, 5) is 31.2. The van der Waals surface area contributed by atoms with Gasteiger partial charge in [0, 0.05) is 30.4 Å². The minimum atomic E-state index is -0.764. The van der Waals surface area contributed by atoms with Crippen molar-refractivity contribution in [2.45, 2.75) is 32.2 Å². The lowest BCUT2D eigenvalue weighted by Gasteiger charge is -2.30. The van der Waals surface area contributed by atoms with Gasteiger partial charge in [-0.15, -0.1) is 5.10 Å². The van der Waals surface area contributed by atoms with Crippen molar-refractivity contribution in [1.29, 1.82) is 0 Å². The Hall–Kier alpha value is -3.56. The van der Waals surface area contributed by atoms with Crippen molar-refractivity contribution in [3.63, 3.8) is 0 Å². The highest BCUT2D eigenvalue weighted by Crippen LogP contribution is 2.64. The van der Waals surface area contributed by atoms with Crippen molar-refractivity contribution in [2.24, 2.45) is 11.8 Å². The molecule has 8 nitrogen and oxygen atoms in total. The molecule has 1 aliphatic heterocycles. The summed E-state index contributed by atoms with van der Waals surface area (Å²) in [6.45, 7) is 3.94. The largest absolute Gasteiger partial charge is 0.344 e. The van der Waals surface area contributed by atoms with Gasteiger partial charge in [0.05, 0.1) is 5.54 Å². The van der Waals surface area contributed by atoms with Crippen molar-refractivity contribution in [3.05, 3.63) is 59.4 Å². The highest BCUT2D eigenvalue weighted by atomic mass is 19.1. The number of amides is 2. The van der Waals surface area contributed by atoms with Crippen LogP contribution >= 0.6 is 0 Å². The molecule has 2 fully saturated rings. The number of carbonyl (C=O) groups is 2. The predicted molar refractivity (Wildman–Crippen MR) is 112 cm³/mol. The van der Waals surface area contributed by atoms with Gasteiger partial charge < -0.3 is 4.90 Å². The number of nitrogens with one attached hydrogen (secondary N) is 2. The van der Waals surface area contributed by atoms with E-state index in [9.17, 15) is 18.4 Å². The van der Waals surface area contributed by atoms with Crippen LogP contribution < -0.4 is 15.8 Å². The maximum Gasteiger partial charge on any atom is 0.277 e. The molecule has 1 saturated carbocycles. The van der Waals surface area contributed by atoms with Gasteiger partial charge in [-0.2, -0.15) is 0 Å². The lowest BCUT2D eigenvalue weighted by atomic mass is 10.0. The molecule has 2 N–H and O–H groups in total. The van der Waals surface area contributed by atoms with Gasteiger partial charge in [0.25, 0.3) is 5.91 Å². The molecular formula is C22H22F2N6O2. The molecule has 0 unspecified atom stereocenters. The minimum absolute atomic E-state index is 0.133. The number of piperidine rings is 1. The molecule has 3 heterocycles. The van der Waals surface area contributed by atoms with E-state index in [0.29, 0.717) is 24.4 Å². The lowest BCUT2D eigenvalue weighted by molar-refractivity contribution is -0.124. The second-order valence-corrected chi connectivity index (χ2v) is 8.57. The van der Waals surface area contributed by atoms with Gasteiger partial charge in [0.2, 0.25) is 5.91 Å². The van der Waals surface area contributed by atoms with Crippen LogP contribution in [0.25, 0.3) is 5.65 Å². The third-order valence-electron chi connectivity index (χ3n) is 6.33. The average Bonchev–Trinajstić information content (AvgIpc) is 3.19. The molecule has 2 aromatic heterocycles. The SMILES string of the molecule is CC(C)C(=O)NNC(=O)c1c(N2CC[C@H]3C[C@]32c2cc(F)ccc2F)nn2cccnc12. The quantitative estimate of drug-likeness (QED) is 0.609. The third-order valence-corrected chi connectivity index (χ3v) is 6.33. The van der Waals surface area contributed by atoms with Crippen molar-refractivity contribution < 1.29 is 18.4 Å². The van der Waals surface area contributed by atoms with Gasteiger partial charge in [-0.3, -0.25) is 20.4 Å². The van der Waals surface area contributed by atoms with Crippen molar-refractivity contribution in [2.75, 3.05) is 11.4 Å². The van der Waals surface area contributed by atoms with Crippen LogP contribution in [-0.4, -0.2) is 33.0 Å². The molecule has 0 spiro atoms. The van der Waals surface area contributed by atoms with Crippen LogP contribution in [0, 0.1) is 23.5 Å². The van der Waals surface area contributed by atoms with Gasteiger partial charge in [-0.1, -0.05) is 13.8 Å². The number of hydrogen-bond donors (Lipinski definition) is 2. The van der Waals surface area contributed by atoms with Crippen LogP contribution in [0.4, 0.5) is 14.6 Å². The van der Waals surface area contributed by atoms with E-state index in [1.54, 1.807) is 26.1 Å². The normalized spacial score (nSPS) is 21.7. The van der Waals surface area contributed by atoms with Crippen LogP contribution in [0.1, 0.15) is 42.6 Å². The molecule has 5 rings (SSSR count). The number of carbonyl (C=O) groups excluding carboxylic acids is 2. The summed E-state index contributed by atoms with van der Waals surface area (Å²) in [6.07, 6.45) is 4.60. The Balaban J connectivity index is 1.59. The fourth-order valence-corrected chi connectivity index (χ4v) is 4.66. The predicted octanol–water partition coefficient (Wildman–Crippen LogP) is 2.55. The van der Waals surface area contributed by atoms with Crippen LogP contribution in [0.3, 0.4) is 0 Å². The maximum atomic E-state index is 14.8. The number of anilines is 1. The third kappa shape index (κ3) is 3.01. The molecule has 3 aromatic rings. The summed E-state index contributed by atoms with van der Waals surface area (Å²) in [7, 11) is 0. The second-order valence-electron chi connectivity index (χ2n) is 8.57. The number of fused-ring (bicyclic) bond motifs is 2. The van der Waals surface area contributed by atoms with E-state index < -0.39 is 23.1 Å². The summed E-state index contributed by atoms with van der Waals surface area (Å²) < 4.78 is 30.3. The Labute approximate surface area is 182 Å². The smallest absolute Gasteiger partial charge is 0.277 e. The van der Waals surface area contributed by atoms with Crippen molar-refractivity contribution in [3.8, 4) is 0 Å². The number of benzene rings is 1. The van der Waals surface area contributed by atoms with E-state index in [0.717, 1.165) is 18.6 Å². The molecule has 1 aromatic carbocycles. The Morgan fingerprint density at radius 2 is 2.06 bits per heavy atom. The molecule has 1 aliphatic carbocycles. The number of aromatic nitrogens is 3. The van der Waals surface area contributed by atoms with Gasteiger partial charge >= 0.3 is 0 Å². The van der Waals surface area contributed by atoms with Crippen LogP contribution in [-0.2, 0) is 10.3 Å². The van der Waals surface area contributed by atoms with Gasteiger partial charge in [-0.25, -0.2) is 18.3 Å². The summed E-state index contributed by atoms with van der Waals surface area (Å²) in [5, 5.41) is 4.57. The van der Waals surface area contributed by atoms with Crippen molar-refractivity contribution in [1.82, 2.24) is 25.4 Å². The first kappa shape index (κ1) is 20.3. The van der Waals surface area contributed by atoms with E-state index in [2.05, 4.69) is 20.9 Å². The van der Waals surface area contributed by atoms with Crippen LogP contribution in [0.2, 0.25) is 0 Å². The molecule has 10 heteroatoms. The number of hydrogen-bond acceptors (Lipinski definition) is 5. The molecule has 166 valence electrons. The first-order valence-electron chi connectivity index (χ1n) is 10.5. The fraction of sp³-hybridized carbons (Fsp3) is 0.364. The zero-order valence-electron chi connectivity index (χ0n) is 17.6. The zero-order chi connectivity index (χ0) is 22.6. The Kier molecular flexibility index (Phi) is 4.61. The molecule has 2 aliphatic rings. The summed E-state index contributed by atoms with van der Waals surface area (Å²) in [5.74, 6) is -1.79. The van der Waals surface area contributed by atoms with E-state index in [1.807, 2.05) is 4.90 Å². The highest BCUT2D eigenvalue weighted by Gasteiger charge is 2.65. The number of nitrogens with zero attached hydrogens (tertiary/aromatic N) is 4. The van der Waals surface area contributed by atoms with E-state index >= 15 is 0 Å². The number of hydrazine groups is 1. The Bertz CT molecular complexity index is 1240. The van der Waals surface area contributed by atoms with E-state index in [1.165, 1.54) is 16.8 Å². The first-order valence-corrected chi connectivity index (χ1v) is 10.5. The standard InChI is InChI=1S/C22H22F2N6O2/c1-12(2)20(31)26-27-21(32)17-18-25-7-3-8-30(18)28-19(17)29-9-6-13-11-22(13,29)15-10-14(23)4-5-16(15)24/h3-5,7-8,10,12-13H,6,9,11H2,1-2H3,(H,26,31)(H,27,32)/t13-,22+/m0/s1. The average molecular weight is 440 g/mol. The Morgan fingerprint density at radius 3 is 2.81 bits per heavy atom.